The van der Waals surface area contributed by atoms with Gasteiger partial charge in [0.2, 0.25) is 10.0 Å². The van der Waals surface area contributed by atoms with E-state index in [2.05, 4.69) is 0 Å². The highest BCUT2D eigenvalue weighted by Crippen LogP contribution is 2.30. The van der Waals surface area contributed by atoms with Gasteiger partial charge in [-0.3, -0.25) is 0 Å². The third-order valence-corrected chi connectivity index (χ3v) is 4.93. The number of hydrogen-bond donors (Lipinski definition) is 1. The van der Waals surface area contributed by atoms with Crippen molar-refractivity contribution in [2.75, 3.05) is 12.4 Å². The van der Waals surface area contributed by atoms with Crippen LogP contribution in [0.2, 0.25) is 0 Å². The van der Waals surface area contributed by atoms with Crippen molar-refractivity contribution >= 4 is 10.0 Å². The summed E-state index contributed by atoms with van der Waals surface area (Å²) in [4.78, 5) is 0. The summed E-state index contributed by atoms with van der Waals surface area (Å²) in [6, 6.07) is 9.90. The number of rotatable bonds is 8. The number of primary sulfonamides is 1. The van der Waals surface area contributed by atoms with Crippen LogP contribution in [0.4, 0.5) is 0 Å². The molecule has 0 spiro atoms. The molecule has 1 unspecified atom stereocenters. The van der Waals surface area contributed by atoms with Crippen LogP contribution in [0.1, 0.15) is 45.3 Å². The van der Waals surface area contributed by atoms with Crippen molar-refractivity contribution in [3.05, 3.63) is 35.9 Å². The fourth-order valence-corrected chi connectivity index (χ4v) is 3.59. The van der Waals surface area contributed by atoms with E-state index in [1.807, 2.05) is 51.1 Å². The quantitative estimate of drug-likeness (QED) is 0.802. The summed E-state index contributed by atoms with van der Waals surface area (Å²) in [7, 11) is -3.50. The summed E-state index contributed by atoms with van der Waals surface area (Å²) in [5.74, 6) is -0.0332. The SMILES string of the molecule is CCC(CC)(COC(C)c1ccccc1)CS(N)(=O)=O. The van der Waals surface area contributed by atoms with Gasteiger partial charge in [0.1, 0.15) is 0 Å². The zero-order valence-corrected chi connectivity index (χ0v) is 13.3. The monoisotopic (exact) mass is 299 g/mol. The minimum atomic E-state index is -3.50. The van der Waals surface area contributed by atoms with Crippen LogP contribution in [-0.2, 0) is 14.8 Å². The van der Waals surface area contributed by atoms with Gasteiger partial charge < -0.3 is 4.74 Å². The highest BCUT2D eigenvalue weighted by atomic mass is 32.2. The second kappa shape index (κ2) is 7.20. The third kappa shape index (κ3) is 5.23. The second-order valence-electron chi connectivity index (χ2n) is 5.38. The van der Waals surface area contributed by atoms with Crippen molar-refractivity contribution in [2.45, 2.75) is 39.7 Å². The maximum atomic E-state index is 11.4. The molecule has 1 rings (SSSR count). The van der Waals surface area contributed by atoms with Crippen LogP contribution in [-0.4, -0.2) is 20.8 Å². The van der Waals surface area contributed by atoms with E-state index in [0.717, 1.165) is 18.4 Å². The van der Waals surface area contributed by atoms with Crippen molar-refractivity contribution in [1.29, 1.82) is 0 Å². The van der Waals surface area contributed by atoms with Crippen LogP contribution >= 0.6 is 0 Å². The lowest BCUT2D eigenvalue weighted by Gasteiger charge is -2.31. The molecule has 20 heavy (non-hydrogen) atoms. The minimum Gasteiger partial charge on any atom is -0.373 e. The molecule has 114 valence electrons. The molecule has 0 saturated heterocycles. The van der Waals surface area contributed by atoms with E-state index in [9.17, 15) is 8.42 Å². The Hall–Kier alpha value is -0.910. The van der Waals surface area contributed by atoms with E-state index in [-0.39, 0.29) is 11.9 Å². The van der Waals surface area contributed by atoms with Crippen molar-refractivity contribution in [1.82, 2.24) is 0 Å². The van der Waals surface area contributed by atoms with Gasteiger partial charge in [-0.05, 0) is 25.3 Å². The van der Waals surface area contributed by atoms with Crippen LogP contribution in [0.25, 0.3) is 0 Å². The highest BCUT2D eigenvalue weighted by molar-refractivity contribution is 7.89. The Labute approximate surface area is 122 Å². The molecule has 0 heterocycles. The predicted octanol–water partition coefficient (Wildman–Crippen LogP) is 2.86. The average molecular weight is 299 g/mol. The summed E-state index contributed by atoms with van der Waals surface area (Å²) in [6.07, 6.45) is 1.39. The Kier molecular flexibility index (Phi) is 6.17. The lowest BCUT2D eigenvalue weighted by Crippen LogP contribution is -2.37. The maximum absolute atomic E-state index is 11.4. The fourth-order valence-electron chi connectivity index (χ4n) is 2.25. The molecule has 0 radical (unpaired) electrons. The van der Waals surface area contributed by atoms with Crippen LogP contribution < -0.4 is 5.14 Å². The molecule has 1 aromatic rings. The molecule has 1 atom stereocenters. The van der Waals surface area contributed by atoms with Gasteiger partial charge in [0.15, 0.2) is 0 Å². The molecule has 0 saturated carbocycles. The van der Waals surface area contributed by atoms with Crippen molar-refractivity contribution < 1.29 is 13.2 Å². The molecule has 4 nitrogen and oxygen atoms in total. The fraction of sp³-hybridized carbons (Fsp3) is 0.600. The summed E-state index contributed by atoms with van der Waals surface area (Å²) in [5, 5.41) is 5.21. The van der Waals surface area contributed by atoms with Gasteiger partial charge >= 0.3 is 0 Å². The van der Waals surface area contributed by atoms with Gasteiger partial charge in [-0.15, -0.1) is 0 Å². The molecule has 0 amide bonds. The Bertz CT molecular complexity index is 495. The number of benzene rings is 1. The standard InChI is InChI=1S/C15H25NO3S/c1-4-15(5-2,12-20(16,17)18)11-19-13(3)14-9-7-6-8-10-14/h6-10,13H,4-5,11-12H2,1-3H3,(H2,16,17,18). The number of ether oxygens (including phenoxy) is 1. The van der Waals surface area contributed by atoms with Gasteiger partial charge in [-0.25, -0.2) is 13.6 Å². The lowest BCUT2D eigenvalue weighted by atomic mass is 9.85. The van der Waals surface area contributed by atoms with Gasteiger partial charge in [0.25, 0.3) is 0 Å². The first-order chi connectivity index (χ1) is 9.32. The summed E-state index contributed by atoms with van der Waals surface area (Å²) >= 11 is 0. The van der Waals surface area contributed by atoms with Crippen LogP contribution in [0.3, 0.4) is 0 Å². The van der Waals surface area contributed by atoms with E-state index < -0.39 is 15.4 Å². The number of nitrogens with two attached hydrogens (primary N) is 1. The maximum Gasteiger partial charge on any atom is 0.209 e. The van der Waals surface area contributed by atoms with E-state index in [1.165, 1.54) is 0 Å². The van der Waals surface area contributed by atoms with Crippen LogP contribution in [0.5, 0.6) is 0 Å². The molecule has 0 aliphatic heterocycles. The Morgan fingerprint density at radius 1 is 1.20 bits per heavy atom. The Morgan fingerprint density at radius 3 is 2.20 bits per heavy atom. The molecule has 0 aliphatic rings. The van der Waals surface area contributed by atoms with E-state index >= 15 is 0 Å². The zero-order chi connectivity index (χ0) is 15.2. The van der Waals surface area contributed by atoms with E-state index in [0.29, 0.717) is 6.61 Å². The van der Waals surface area contributed by atoms with E-state index in [1.54, 1.807) is 0 Å². The zero-order valence-electron chi connectivity index (χ0n) is 12.5. The van der Waals surface area contributed by atoms with Crippen LogP contribution in [0, 0.1) is 5.41 Å². The Morgan fingerprint density at radius 2 is 1.75 bits per heavy atom. The number of sulfonamides is 1. The molecule has 5 heteroatoms. The molecular formula is C15H25NO3S. The molecule has 0 aromatic heterocycles. The van der Waals surface area contributed by atoms with Gasteiger partial charge in [0.05, 0.1) is 18.5 Å². The van der Waals surface area contributed by atoms with Crippen molar-refractivity contribution in [3.63, 3.8) is 0 Å². The first kappa shape index (κ1) is 17.1. The molecule has 0 aliphatic carbocycles. The number of hydrogen-bond acceptors (Lipinski definition) is 3. The van der Waals surface area contributed by atoms with E-state index in [4.69, 9.17) is 9.88 Å². The molecule has 2 N–H and O–H groups in total. The average Bonchev–Trinajstić information content (AvgIpc) is 2.43. The molecule has 0 fully saturated rings. The van der Waals surface area contributed by atoms with Gasteiger partial charge in [0, 0.05) is 5.41 Å². The van der Waals surface area contributed by atoms with Gasteiger partial charge in [-0.2, -0.15) is 0 Å². The van der Waals surface area contributed by atoms with Crippen LogP contribution in [0.15, 0.2) is 30.3 Å². The topological polar surface area (TPSA) is 69.4 Å². The second-order valence-corrected chi connectivity index (χ2v) is 6.99. The van der Waals surface area contributed by atoms with Gasteiger partial charge in [-0.1, -0.05) is 44.2 Å². The molecule has 1 aromatic carbocycles. The molecule has 0 bridgehead atoms. The predicted molar refractivity (Wildman–Crippen MR) is 81.8 cm³/mol. The Balaban J connectivity index is 2.72. The summed E-state index contributed by atoms with van der Waals surface area (Å²) < 4.78 is 28.7. The minimum absolute atomic E-state index is 0.0332. The smallest absolute Gasteiger partial charge is 0.209 e. The largest absolute Gasteiger partial charge is 0.373 e. The first-order valence-corrected chi connectivity index (χ1v) is 8.70. The molecular weight excluding hydrogens is 274 g/mol. The first-order valence-electron chi connectivity index (χ1n) is 6.99. The third-order valence-electron chi connectivity index (χ3n) is 3.92. The summed E-state index contributed by atoms with van der Waals surface area (Å²) in [6.45, 7) is 6.32. The van der Waals surface area contributed by atoms with Crippen molar-refractivity contribution in [3.8, 4) is 0 Å². The summed E-state index contributed by atoms with van der Waals surface area (Å²) in [5.41, 5.74) is 0.681. The normalized spacial score (nSPS) is 14.2. The van der Waals surface area contributed by atoms with Crippen molar-refractivity contribution in [2.24, 2.45) is 10.6 Å². The highest BCUT2D eigenvalue weighted by Gasteiger charge is 2.32. The lowest BCUT2D eigenvalue weighted by molar-refractivity contribution is 0.00234.